The van der Waals surface area contributed by atoms with E-state index in [-0.39, 0.29) is 28.8 Å². The van der Waals surface area contributed by atoms with E-state index in [9.17, 15) is 9.59 Å². The molecule has 0 unspecified atom stereocenters. The zero-order valence-electron chi connectivity index (χ0n) is 19.0. The lowest BCUT2D eigenvalue weighted by molar-refractivity contribution is -0.132. The van der Waals surface area contributed by atoms with E-state index in [2.05, 4.69) is 4.99 Å². The lowest BCUT2D eigenvalue weighted by Gasteiger charge is -2.13. The van der Waals surface area contributed by atoms with Gasteiger partial charge in [-0.1, -0.05) is 0 Å². The van der Waals surface area contributed by atoms with E-state index in [0.29, 0.717) is 28.4 Å². The molecule has 2 aromatic rings. The molecule has 33 heavy (non-hydrogen) atoms. The van der Waals surface area contributed by atoms with Crippen LogP contribution in [-0.2, 0) is 14.3 Å². The maximum Gasteiger partial charge on any atom is 0.363 e. The minimum absolute atomic E-state index is 0.0445. The molecule has 1 aliphatic rings. The SMILES string of the molecule is COc1cc(C2=N/C(=C\c3cc(OC)c(OC(C)=O)c(OC)c3)C(=O)O2)cc(OC)c1OC. The fourth-order valence-electron chi connectivity index (χ4n) is 3.12. The van der Waals surface area contributed by atoms with Crippen LogP contribution in [0.1, 0.15) is 18.1 Å². The molecule has 10 heteroatoms. The molecular formula is C23H23NO9. The first-order chi connectivity index (χ1) is 15.8. The van der Waals surface area contributed by atoms with Crippen molar-refractivity contribution < 1.29 is 42.7 Å². The molecule has 2 aromatic carbocycles. The van der Waals surface area contributed by atoms with E-state index in [4.69, 9.17) is 33.2 Å². The molecule has 3 rings (SSSR count). The van der Waals surface area contributed by atoms with E-state index in [0.717, 1.165) is 0 Å². The number of ether oxygens (including phenoxy) is 7. The number of esters is 2. The molecule has 10 nitrogen and oxygen atoms in total. The first-order valence-corrected chi connectivity index (χ1v) is 9.62. The summed E-state index contributed by atoms with van der Waals surface area (Å²) in [7, 11) is 7.29. The second-order valence-corrected chi connectivity index (χ2v) is 6.60. The number of carbonyl (C=O) groups is 2. The van der Waals surface area contributed by atoms with Gasteiger partial charge in [-0.3, -0.25) is 4.79 Å². The Morgan fingerprint density at radius 3 is 1.79 bits per heavy atom. The summed E-state index contributed by atoms with van der Waals surface area (Å²) in [6.45, 7) is 1.27. The van der Waals surface area contributed by atoms with Crippen LogP contribution in [0.5, 0.6) is 34.5 Å². The minimum Gasteiger partial charge on any atom is -0.493 e. The normalized spacial score (nSPS) is 13.8. The van der Waals surface area contributed by atoms with Gasteiger partial charge < -0.3 is 33.2 Å². The highest BCUT2D eigenvalue weighted by Crippen LogP contribution is 2.40. The number of benzene rings is 2. The zero-order chi connectivity index (χ0) is 24.1. The second-order valence-electron chi connectivity index (χ2n) is 6.60. The van der Waals surface area contributed by atoms with Crippen LogP contribution in [0.2, 0.25) is 0 Å². The third-order valence-electron chi connectivity index (χ3n) is 4.56. The van der Waals surface area contributed by atoms with Crippen molar-refractivity contribution in [3.05, 3.63) is 41.1 Å². The monoisotopic (exact) mass is 457 g/mol. The lowest BCUT2D eigenvalue weighted by Crippen LogP contribution is -2.07. The Bertz CT molecular complexity index is 1100. The number of hydrogen-bond acceptors (Lipinski definition) is 10. The summed E-state index contributed by atoms with van der Waals surface area (Å²) in [4.78, 5) is 28.2. The summed E-state index contributed by atoms with van der Waals surface area (Å²) >= 11 is 0. The van der Waals surface area contributed by atoms with Gasteiger partial charge in [0.25, 0.3) is 0 Å². The summed E-state index contributed by atoms with van der Waals surface area (Å²) in [5, 5.41) is 0. The van der Waals surface area contributed by atoms with Crippen LogP contribution in [-0.4, -0.2) is 53.4 Å². The molecule has 0 spiro atoms. The summed E-state index contributed by atoms with van der Waals surface area (Å²) in [5.74, 6) is 0.686. The van der Waals surface area contributed by atoms with E-state index in [1.165, 1.54) is 48.5 Å². The maximum absolute atomic E-state index is 12.5. The van der Waals surface area contributed by atoms with Crippen molar-refractivity contribution in [2.75, 3.05) is 35.5 Å². The third-order valence-corrected chi connectivity index (χ3v) is 4.56. The predicted molar refractivity (Wildman–Crippen MR) is 118 cm³/mol. The Balaban J connectivity index is 2.04. The Morgan fingerprint density at radius 2 is 1.33 bits per heavy atom. The van der Waals surface area contributed by atoms with Crippen molar-refractivity contribution in [1.29, 1.82) is 0 Å². The predicted octanol–water partition coefficient (Wildman–Crippen LogP) is 3.00. The molecule has 0 amide bonds. The molecule has 0 N–H and O–H groups in total. The molecule has 0 saturated heterocycles. The highest BCUT2D eigenvalue weighted by atomic mass is 16.6. The zero-order valence-corrected chi connectivity index (χ0v) is 19.0. The number of hydrogen-bond donors (Lipinski definition) is 0. The molecule has 0 saturated carbocycles. The van der Waals surface area contributed by atoms with E-state index >= 15 is 0 Å². The molecule has 0 aromatic heterocycles. The fraction of sp³-hybridized carbons (Fsp3) is 0.261. The van der Waals surface area contributed by atoms with Gasteiger partial charge >= 0.3 is 11.9 Å². The van der Waals surface area contributed by atoms with Gasteiger partial charge in [0.1, 0.15) is 0 Å². The first kappa shape index (κ1) is 23.5. The van der Waals surface area contributed by atoms with Crippen LogP contribution in [0.15, 0.2) is 35.0 Å². The number of nitrogens with zero attached hydrogens (tertiary/aromatic N) is 1. The summed E-state index contributed by atoms with van der Waals surface area (Å²) < 4.78 is 37.1. The van der Waals surface area contributed by atoms with Crippen LogP contribution in [0.4, 0.5) is 0 Å². The van der Waals surface area contributed by atoms with E-state index < -0.39 is 11.9 Å². The van der Waals surface area contributed by atoms with Gasteiger partial charge in [0.2, 0.25) is 17.4 Å². The highest BCUT2D eigenvalue weighted by molar-refractivity contribution is 6.13. The van der Waals surface area contributed by atoms with Crippen molar-refractivity contribution in [3.8, 4) is 34.5 Å². The van der Waals surface area contributed by atoms with Crippen LogP contribution in [0.3, 0.4) is 0 Å². The molecule has 0 bridgehead atoms. The van der Waals surface area contributed by atoms with Gasteiger partial charge in [-0.15, -0.1) is 0 Å². The average Bonchev–Trinajstić information content (AvgIpc) is 3.18. The molecule has 0 aliphatic carbocycles. The van der Waals surface area contributed by atoms with Crippen LogP contribution >= 0.6 is 0 Å². The Labute approximate surface area is 190 Å². The summed E-state index contributed by atoms with van der Waals surface area (Å²) in [6, 6.07) is 6.40. The van der Waals surface area contributed by atoms with Crippen LogP contribution in [0, 0.1) is 0 Å². The molecular weight excluding hydrogens is 434 g/mol. The van der Waals surface area contributed by atoms with Crippen molar-refractivity contribution in [2.24, 2.45) is 4.99 Å². The molecule has 0 atom stereocenters. The van der Waals surface area contributed by atoms with Gasteiger partial charge in [-0.05, 0) is 35.9 Å². The topological polar surface area (TPSA) is 111 Å². The maximum atomic E-state index is 12.5. The molecule has 1 heterocycles. The number of methoxy groups -OCH3 is 5. The third kappa shape index (κ3) is 4.84. The minimum atomic E-state index is -0.652. The largest absolute Gasteiger partial charge is 0.493 e. The van der Waals surface area contributed by atoms with Gasteiger partial charge in [0.15, 0.2) is 28.7 Å². The van der Waals surface area contributed by atoms with Crippen molar-refractivity contribution >= 4 is 23.9 Å². The average molecular weight is 457 g/mol. The number of aliphatic imine (C=N–C) groups is 1. The summed E-state index contributed by atoms with van der Waals surface area (Å²) in [6.07, 6.45) is 1.50. The van der Waals surface area contributed by atoms with Gasteiger partial charge in [-0.2, -0.15) is 0 Å². The molecule has 0 fully saturated rings. The Kier molecular flexibility index (Phi) is 7.07. The summed E-state index contributed by atoms with van der Waals surface area (Å²) in [5.41, 5.74) is 1.02. The standard InChI is InChI=1S/C23H23NO9/c1-12(25)32-21-16(27-2)8-13(9-17(21)28-3)7-15-23(26)33-22(24-15)14-10-18(29-4)20(31-6)19(11-14)30-5/h7-11H,1-6H3/b15-7-. The molecule has 0 radical (unpaired) electrons. The van der Waals surface area contributed by atoms with Crippen molar-refractivity contribution in [3.63, 3.8) is 0 Å². The van der Waals surface area contributed by atoms with Gasteiger partial charge in [0, 0.05) is 12.5 Å². The number of carbonyl (C=O) groups excluding carboxylic acids is 2. The van der Waals surface area contributed by atoms with E-state index in [1.54, 1.807) is 24.3 Å². The van der Waals surface area contributed by atoms with Gasteiger partial charge in [0.05, 0.1) is 35.5 Å². The van der Waals surface area contributed by atoms with E-state index in [1.807, 2.05) is 0 Å². The number of rotatable bonds is 8. The van der Waals surface area contributed by atoms with Crippen molar-refractivity contribution in [2.45, 2.75) is 6.92 Å². The smallest absolute Gasteiger partial charge is 0.363 e. The first-order valence-electron chi connectivity index (χ1n) is 9.62. The van der Waals surface area contributed by atoms with Crippen molar-refractivity contribution in [1.82, 2.24) is 0 Å². The molecule has 174 valence electrons. The Morgan fingerprint density at radius 1 is 0.818 bits per heavy atom. The second kappa shape index (κ2) is 9.94. The van der Waals surface area contributed by atoms with Crippen LogP contribution < -0.4 is 28.4 Å². The van der Waals surface area contributed by atoms with Gasteiger partial charge in [-0.25, -0.2) is 9.79 Å². The van der Waals surface area contributed by atoms with Crippen LogP contribution in [0.25, 0.3) is 6.08 Å². The quantitative estimate of drug-likeness (QED) is 0.335. The Hall–Kier alpha value is -4.21. The highest BCUT2D eigenvalue weighted by Gasteiger charge is 2.27. The molecule has 1 aliphatic heterocycles. The fourth-order valence-corrected chi connectivity index (χ4v) is 3.12. The number of cyclic esters (lactones) is 1. The lowest BCUT2D eigenvalue weighted by atomic mass is 10.1.